The van der Waals surface area contributed by atoms with E-state index in [1.165, 1.54) is 10.8 Å². The number of hydrogen-bond donors (Lipinski definition) is 0. The first-order valence-electron chi connectivity index (χ1n) is 22.7. The summed E-state index contributed by atoms with van der Waals surface area (Å²) in [5, 5.41) is 14.4. The zero-order chi connectivity index (χ0) is 44.7. The van der Waals surface area contributed by atoms with Crippen molar-refractivity contribution in [3.8, 4) is 40.3 Å². The predicted molar refractivity (Wildman–Crippen MR) is 272 cm³/mol. The maximum atomic E-state index is 9.80. The van der Waals surface area contributed by atoms with E-state index in [0.717, 1.165) is 116 Å². The summed E-state index contributed by atoms with van der Waals surface area (Å²) < 4.78 is 12.0. The second-order valence-corrected chi connectivity index (χ2v) is 18.7. The molecule has 0 saturated heterocycles. The largest absolute Gasteiger partial charge is 0.457 e. The fourth-order valence-electron chi connectivity index (χ4n) is 11.6. The van der Waals surface area contributed by atoms with Crippen LogP contribution in [0.15, 0.2) is 216 Å². The minimum atomic E-state index is -0.823. The molecule has 3 aliphatic rings. The molecule has 2 aliphatic heterocycles. The molecule has 7 nitrogen and oxygen atoms in total. The van der Waals surface area contributed by atoms with Gasteiger partial charge in [-0.15, -0.1) is 0 Å². The Morgan fingerprint density at radius 1 is 0.456 bits per heavy atom. The second kappa shape index (κ2) is 13.8. The summed E-state index contributed by atoms with van der Waals surface area (Å²) in [6.45, 7) is 0. The maximum absolute atomic E-state index is 9.80. The highest BCUT2D eigenvalue weighted by molar-refractivity contribution is 7.99. The number of benzene rings is 8. The quantitative estimate of drug-likeness (QED) is 0.176. The number of para-hydroxylation sites is 4. The van der Waals surface area contributed by atoms with Gasteiger partial charge in [0.05, 0.1) is 67.6 Å². The van der Waals surface area contributed by atoms with Crippen LogP contribution in [0.25, 0.3) is 66.4 Å². The Morgan fingerprint density at radius 2 is 1.07 bits per heavy atom. The normalized spacial score (nSPS) is 13.7. The van der Waals surface area contributed by atoms with Crippen molar-refractivity contribution in [1.29, 1.82) is 5.26 Å². The minimum absolute atomic E-state index is 0.648. The molecular formula is C60H34N6OS. The number of nitriles is 1. The van der Waals surface area contributed by atoms with Gasteiger partial charge < -0.3 is 18.8 Å². The number of fused-ring (bicyclic) bond motifs is 17. The first kappa shape index (κ1) is 37.3. The van der Waals surface area contributed by atoms with Gasteiger partial charge in [-0.2, -0.15) is 5.26 Å². The second-order valence-electron chi connectivity index (χ2n) is 17.6. The molecule has 0 amide bonds. The third-order valence-electron chi connectivity index (χ3n) is 14.3. The molecule has 0 N–H and O–H groups in total. The molecule has 8 heteroatoms. The van der Waals surface area contributed by atoms with E-state index in [1.54, 1.807) is 11.8 Å². The smallest absolute Gasteiger partial charge is 0.134 e. The number of hydrogen-bond acceptors (Lipinski definition) is 6. The lowest BCUT2D eigenvalue weighted by Crippen LogP contribution is -2.34. The zero-order valence-corrected chi connectivity index (χ0v) is 36.9. The summed E-state index contributed by atoms with van der Waals surface area (Å²) in [5.74, 6) is 1.56. The summed E-state index contributed by atoms with van der Waals surface area (Å²) in [6.07, 6.45) is 3.75. The van der Waals surface area contributed by atoms with Crippen LogP contribution >= 0.6 is 11.8 Å². The third kappa shape index (κ3) is 4.87. The van der Waals surface area contributed by atoms with E-state index in [9.17, 15) is 5.26 Å². The van der Waals surface area contributed by atoms with Crippen LogP contribution < -0.4 is 9.64 Å². The summed E-state index contributed by atoms with van der Waals surface area (Å²) in [4.78, 5) is 14.8. The van der Waals surface area contributed by atoms with Gasteiger partial charge in [-0.05, 0) is 108 Å². The molecule has 1 aliphatic carbocycles. The van der Waals surface area contributed by atoms with E-state index >= 15 is 0 Å². The molecule has 4 aromatic heterocycles. The van der Waals surface area contributed by atoms with Gasteiger partial charge in [-0.1, -0.05) is 103 Å². The Bertz CT molecular complexity index is 4120. The van der Waals surface area contributed by atoms with Crippen molar-refractivity contribution in [2.75, 3.05) is 4.90 Å². The molecule has 0 fully saturated rings. The maximum Gasteiger partial charge on any atom is 0.134 e. The van der Waals surface area contributed by atoms with Gasteiger partial charge >= 0.3 is 0 Å². The van der Waals surface area contributed by atoms with Gasteiger partial charge in [0, 0.05) is 72.3 Å². The van der Waals surface area contributed by atoms with Gasteiger partial charge in [0.15, 0.2) is 0 Å². The van der Waals surface area contributed by atoms with Crippen LogP contribution in [0.1, 0.15) is 27.8 Å². The number of nitrogens with zero attached hydrogens (tertiary/aromatic N) is 6. The van der Waals surface area contributed by atoms with Gasteiger partial charge in [0.25, 0.3) is 0 Å². The molecule has 0 atom stereocenters. The average molecular weight is 887 g/mol. The average Bonchev–Trinajstić information content (AvgIpc) is 4.01. The van der Waals surface area contributed by atoms with Crippen LogP contribution in [-0.4, -0.2) is 19.1 Å². The molecule has 0 unspecified atom stereocenters. The lowest BCUT2D eigenvalue weighted by atomic mass is 9.65. The van der Waals surface area contributed by atoms with Crippen LogP contribution in [-0.2, 0) is 5.41 Å². The highest BCUT2D eigenvalue weighted by atomic mass is 32.2. The molecular weight excluding hydrogens is 853 g/mol. The zero-order valence-electron chi connectivity index (χ0n) is 36.1. The highest BCUT2D eigenvalue weighted by Gasteiger charge is 2.54. The Hall–Kier alpha value is -8.90. The van der Waals surface area contributed by atoms with E-state index < -0.39 is 5.41 Å². The van der Waals surface area contributed by atoms with E-state index in [2.05, 4.69) is 202 Å². The van der Waals surface area contributed by atoms with Crippen molar-refractivity contribution < 1.29 is 4.74 Å². The van der Waals surface area contributed by atoms with Crippen LogP contribution in [0.2, 0.25) is 0 Å². The van der Waals surface area contributed by atoms with Crippen molar-refractivity contribution in [3.05, 3.63) is 234 Å². The van der Waals surface area contributed by atoms with E-state index in [4.69, 9.17) is 14.7 Å². The van der Waals surface area contributed by atoms with Crippen molar-refractivity contribution in [3.63, 3.8) is 0 Å². The Kier molecular flexibility index (Phi) is 7.58. The van der Waals surface area contributed by atoms with Crippen LogP contribution in [0, 0.1) is 11.3 Å². The Morgan fingerprint density at radius 3 is 1.81 bits per heavy atom. The molecule has 0 radical (unpaired) electrons. The number of rotatable bonds is 3. The number of anilines is 3. The molecule has 68 heavy (non-hydrogen) atoms. The third-order valence-corrected chi connectivity index (χ3v) is 15.4. The molecule has 316 valence electrons. The van der Waals surface area contributed by atoms with E-state index in [0.29, 0.717) is 5.56 Å². The molecule has 0 saturated carbocycles. The molecule has 12 aromatic rings. The van der Waals surface area contributed by atoms with Crippen LogP contribution in [0.4, 0.5) is 17.1 Å². The lowest BCUT2D eigenvalue weighted by molar-refractivity contribution is 0.436. The fraction of sp³-hybridized carbons (Fsp3) is 0.0167. The summed E-state index contributed by atoms with van der Waals surface area (Å²) in [7, 11) is 0. The monoisotopic (exact) mass is 886 g/mol. The number of pyridine rings is 2. The predicted octanol–water partition coefficient (Wildman–Crippen LogP) is 14.9. The summed E-state index contributed by atoms with van der Waals surface area (Å²) in [6, 6.07) is 71.3. The van der Waals surface area contributed by atoms with Crippen LogP contribution in [0.5, 0.6) is 11.5 Å². The van der Waals surface area contributed by atoms with Gasteiger partial charge in [0.2, 0.25) is 0 Å². The first-order valence-corrected chi connectivity index (χ1v) is 23.5. The van der Waals surface area contributed by atoms with Gasteiger partial charge in [-0.3, -0.25) is 9.97 Å². The standard InChI is InChI=1S/C60H34N6OS/c61-35-36-24-28-49-42(32-36)41-14-3-4-17-46(41)64(49)38-26-29-51-56(34-38)68-55-23-8-7-20-50(55)65(51)37-25-27-43-54(33-37)67-53-22-9-21-52(66-47-18-5-1-12-39(47)40-13-2-6-19-48(40)66)57(53)60(43)44-15-10-30-62-58(44)59-45(60)16-11-31-63-59/h1-34H. The number of aromatic nitrogens is 4. The van der Waals surface area contributed by atoms with Crippen molar-refractivity contribution >= 4 is 72.4 Å². The van der Waals surface area contributed by atoms with E-state index in [-0.39, 0.29) is 0 Å². The fourth-order valence-corrected chi connectivity index (χ4v) is 12.7. The number of ether oxygens (including phenoxy) is 1. The van der Waals surface area contributed by atoms with Crippen LogP contribution in [0.3, 0.4) is 0 Å². The summed E-state index contributed by atoms with van der Waals surface area (Å²) >= 11 is 1.78. The van der Waals surface area contributed by atoms with Gasteiger partial charge in [0.1, 0.15) is 11.5 Å². The first-order chi connectivity index (χ1) is 33.7. The van der Waals surface area contributed by atoms with E-state index in [1.807, 2.05) is 24.5 Å². The molecule has 0 bridgehead atoms. The van der Waals surface area contributed by atoms with Crippen molar-refractivity contribution in [1.82, 2.24) is 19.1 Å². The Balaban J connectivity index is 0.956. The molecule has 1 spiro atoms. The van der Waals surface area contributed by atoms with Crippen molar-refractivity contribution in [2.45, 2.75) is 15.2 Å². The highest BCUT2D eigenvalue weighted by Crippen LogP contribution is 2.64. The topological polar surface area (TPSA) is 71.9 Å². The molecule has 6 heterocycles. The van der Waals surface area contributed by atoms with Crippen molar-refractivity contribution in [2.24, 2.45) is 0 Å². The SMILES string of the molecule is N#Cc1ccc2c(c1)c1ccccc1n2-c1ccc2c(c1)Sc1ccccc1N2c1ccc2c(c1)Oc1cccc(-n3c4ccccc4c4ccccc43)c1C21c2cccnc2-c2ncccc21. The van der Waals surface area contributed by atoms with Gasteiger partial charge in [-0.25, -0.2) is 0 Å². The molecule has 8 aromatic carbocycles. The minimum Gasteiger partial charge on any atom is -0.457 e. The Labute approximate surface area is 394 Å². The molecule has 15 rings (SSSR count). The lowest BCUT2D eigenvalue weighted by Gasteiger charge is -2.41. The summed E-state index contributed by atoms with van der Waals surface area (Å²) in [5.41, 5.74) is 15.5.